The Balaban J connectivity index is 1.82. The van der Waals surface area contributed by atoms with Crippen molar-refractivity contribution in [3.8, 4) is 0 Å². The van der Waals surface area contributed by atoms with E-state index in [4.69, 9.17) is 15.2 Å². The van der Waals surface area contributed by atoms with Gasteiger partial charge in [-0.2, -0.15) is 0 Å². The molecule has 294 valence electrons. The average molecular weight is 757 g/mol. The van der Waals surface area contributed by atoms with Crippen molar-refractivity contribution in [2.24, 2.45) is 17.8 Å². The fourth-order valence-corrected chi connectivity index (χ4v) is 7.71. The fraction of sp³-hybridized carbons (Fsp3) is 0.641. The van der Waals surface area contributed by atoms with E-state index in [0.717, 1.165) is 31.4 Å². The summed E-state index contributed by atoms with van der Waals surface area (Å²) >= 11 is 1.19. The van der Waals surface area contributed by atoms with E-state index in [1.54, 1.807) is 36.4 Å². The van der Waals surface area contributed by atoms with Crippen LogP contribution in [0, 0.1) is 17.8 Å². The molecule has 2 heterocycles. The van der Waals surface area contributed by atoms with Crippen LogP contribution in [0.15, 0.2) is 29.6 Å². The number of hydrogen-bond donors (Lipinski definition) is 3. The zero-order chi connectivity index (χ0) is 39.4. The number of nitrogens with two attached hydrogens (primary N) is 1. The molecule has 0 aliphatic carbocycles. The lowest BCUT2D eigenvalue weighted by atomic mass is 9.92. The highest BCUT2D eigenvalue weighted by Crippen LogP contribution is 2.31. The number of carbonyl (C=O) groups excluding carboxylic acids is 5. The second-order valence-electron chi connectivity index (χ2n) is 14.8. The summed E-state index contributed by atoms with van der Waals surface area (Å²) in [5, 5.41) is 8.15. The molecule has 1 aliphatic rings. The molecule has 0 bridgehead atoms. The lowest BCUT2D eigenvalue weighted by molar-refractivity contribution is -0.149. The molecule has 13 nitrogen and oxygen atoms in total. The molecule has 0 saturated carbocycles. The molecule has 1 aromatic heterocycles. The lowest BCUT2D eigenvalue weighted by Gasteiger charge is -2.38. The smallest absolute Gasteiger partial charge is 0.308 e. The summed E-state index contributed by atoms with van der Waals surface area (Å²) in [5.41, 5.74) is 7.56. The zero-order valence-corrected chi connectivity index (χ0v) is 33.7. The van der Waals surface area contributed by atoms with Crippen LogP contribution in [0.2, 0.25) is 0 Å². The van der Waals surface area contributed by atoms with Crippen LogP contribution in [-0.2, 0) is 35.1 Å². The van der Waals surface area contributed by atoms with Crippen LogP contribution in [0.25, 0.3) is 0 Å². The number of hydrogen-bond acceptors (Lipinski definition) is 11. The van der Waals surface area contributed by atoms with Gasteiger partial charge in [-0.15, -0.1) is 11.3 Å². The molecule has 1 aromatic carbocycles. The molecule has 0 radical (unpaired) electrons. The number of benzene rings is 1. The SMILES string of the molecule is CC[C@H](C)[C@H](NC(=O)[C@H]1CCCCN1C)C(=O)N(C)[C@H](C[C@@H](OC(C)=O)c1nc(C(=O)N[C@@H](Cc2ccc(N)cc2)CC(C)C(=O)OC)cs1)C(C)C. The minimum Gasteiger partial charge on any atom is -0.469 e. The molecule has 53 heavy (non-hydrogen) atoms. The van der Waals surface area contributed by atoms with Gasteiger partial charge in [0.2, 0.25) is 11.8 Å². The topological polar surface area (TPSA) is 173 Å². The predicted molar refractivity (Wildman–Crippen MR) is 206 cm³/mol. The maximum absolute atomic E-state index is 14.2. The molecule has 3 rings (SSSR count). The van der Waals surface area contributed by atoms with E-state index in [2.05, 4.69) is 15.6 Å². The monoisotopic (exact) mass is 756 g/mol. The number of ether oxygens (including phenoxy) is 2. The number of esters is 2. The molecule has 4 N–H and O–H groups in total. The number of aromatic nitrogens is 1. The Kier molecular flexibility index (Phi) is 16.7. The molecular weight excluding hydrogens is 697 g/mol. The number of likely N-dealkylation sites (tertiary alicyclic amines) is 1. The minimum absolute atomic E-state index is 0.0478. The first-order valence-electron chi connectivity index (χ1n) is 18.7. The van der Waals surface area contributed by atoms with Crippen LogP contribution >= 0.6 is 11.3 Å². The Hall–Kier alpha value is -4.04. The number of amides is 3. The van der Waals surface area contributed by atoms with Crippen LogP contribution in [0.4, 0.5) is 5.69 Å². The van der Waals surface area contributed by atoms with Crippen molar-refractivity contribution >= 4 is 46.7 Å². The van der Waals surface area contributed by atoms with Gasteiger partial charge < -0.3 is 30.7 Å². The predicted octanol–water partition coefficient (Wildman–Crippen LogP) is 4.76. The number of methoxy groups -OCH3 is 1. The number of nitrogens with zero attached hydrogens (tertiary/aromatic N) is 3. The van der Waals surface area contributed by atoms with Gasteiger partial charge in [-0.05, 0) is 68.8 Å². The normalized spacial score (nSPS) is 18.2. The van der Waals surface area contributed by atoms with Crippen LogP contribution < -0.4 is 16.4 Å². The standard InChI is InChI=1S/C39H60N6O7S/c1-10-24(4)34(43-36(48)31-13-11-12-18-44(31)7)38(49)45(8)32(23(2)3)21-33(52-26(6)46)37-42-30(22-53-37)35(47)41-29(19-25(5)39(50)51-9)20-27-14-16-28(40)17-15-27/h14-17,22-25,29,31-34H,10-13,18-21,40H2,1-9H3,(H,41,47)(H,43,48)/t24-,25?,29+,31+,32+,33+,34-/m0/s1. The van der Waals surface area contributed by atoms with Crippen molar-refractivity contribution in [1.29, 1.82) is 0 Å². The molecule has 7 atom stereocenters. The Morgan fingerprint density at radius 3 is 2.32 bits per heavy atom. The van der Waals surface area contributed by atoms with Crippen molar-refractivity contribution in [3.05, 3.63) is 45.9 Å². The zero-order valence-electron chi connectivity index (χ0n) is 32.8. The van der Waals surface area contributed by atoms with Gasteiger partial charge in [-0.25, -0.2) is 4.98 Å². The van der Waals surface area contributed by atoms with E-state index in [9.17, 15) is 24.0 Å². The number of thiazole rings is 1. The second-order valence-corrected chi connectivity index (χ2v) is 15.7. The van der Waals surface area contributed by atoms with Gasteiger partial charge in [0.25, 0.3) is 5.91 Å². The van der Waals surface area contributed by atoms with Gasteiger partial charge in [0.15, 0.2) is 6.10 Å². The summed E-state index contributed by atoms with van der Waals surface area (Å²) in [6.45, 7) is 11.8. The van der Waals surface area contributed by atoms with E-state index in [1.165, 1.54) is 25.4 Å². The number of anilines is 1. The number of likely N-dealkylation sites (N-methyl/N-ethyl adjacent to an activating group) is 2. The highest BCUT2D eigenvalue weighted by atomic mass is 32.1. The Labute approximate surface area is 318 Å². The minimum atomic E-state index is -0.834. The molecule has 1 aliphatic heterocycles. The highest BCUT2D eigenvalue weighted by Gasteiger charge is 2.37. The molecule has 14 heteroatoms. The van der Waals surface area contributed by atoms with Crippen molar-refractivity contribution in [2.45, 2.75) is 117 Å². The third-order valence-corrected chi connectivity index (χ3v) is 11.2. The van der Waals surface area contributed by atoms with Crippen LogP contribution in [0.3, 0.4) is 0 Å². The molecule has 0 spiro atoms. The molecule has 1 fully saturated rings. The summed E-state index contributed by atoms with van der Waals surface area (Å²) in [6, 6.07) is 5.52. The first-order chi connectivity index (χ1) is 25.1. The van der Waals surface area contributed by atoms with Crippen molar-refractivity contribution in [1.82, 2.24) is 25.4 Å². The van der Waals surface area contributed by atoms with Gasteiger partial charge in [0.05, 0.1) is 19.1 Å². The Morgan fingerprint density at radius 2 is 1.74 bits per heavy atom. The number of nitrogen functional groups attached to an aromatic ring is 1. The van der Waals surface area contributed by atoms with Gasteiger partial charge in [-0.1, -0.05) is 59.6 Å². The maximum atomic E-state index is 14.2. The van der Waals surface area contributed by atoms with Crippen molar-refractivity contribution < 1.29 is 33.4 Å². The van der Waals surface area contributed by atoms with E-state index in [1.807, 2.05) is 51.8 Å². The molecule has 2 aromatic rings. The first kappa shape index (κ1) is 43.4. The van der Waals surface area contributed by atoms with Gasteiger partial charge in [0, 0.05) is 43.5 Å². The number of nitrogens with one attached hydrogen (secondary N) is 2. The van der Waals surface area contributed by atoms with Gasteiger partial charge >= 0.3 is 11.9 Å². The fourth-order valence-electron chi connectivity index (χ4n) is 6.87. The second kappa shape index (κ2) is 20.4. The number of carbonyl (C=O) groups is 5. The lowest BCUT2D eigenvalue weighted by Crippen LogP contribution is -2.58. The summed E-state index contributed by atoms with van der Waals surface area (Å²) in [6.07, 6.45) is 3.64. The molecular formula is C39H60N6O7S. The maximum Gasteiger partial charge on any atom is 0.308 e. The third-order valence-electron chi connectivity index (χ3n) is 10.3. The largest absolute Gasteiger partial charge is 0.469 e. The average Bonchev–Trinajstić information content (AvgIpc) is 3.62. The molecule has 3 amide bonds. The Bertz CT molecular complexity index is 1530. The van der Waals surface area contributed by atoms with Crippen LogP contribution in [0.5, 0.6) is 0 Å². The quantitative estimate of drug-likeness (QED) is 0.142. The van der Waals surface area contributed by atoms with E-state index >= 15 is 0 Å². The van der Waals surface area contributed by atoms with Gasteiger partial charge in [-0.3, -0.25) is 28.9 Å². The molecule has 1 saturated heterocycles. The van der Waals surface area contributed by atoms with E-state index < -0.39 is 42.0 Å². The Morgan fingerprint density at radius 1 is 1.06 bits per heavy atom. The molecule has 1 unspecified atom stereocenters. The van der Waals surface area contributed by atoms with Crippen molar-refractivity contribution in [2.75, 3.05) is 33.5 Å². The third kappa shape index (κ3) is 12.5. The van der Waals surface area contributed by atoms with E-state index in [0.29, 0.717) is 30.0 Å². The number of rotatable bonds is 18. The van der Waals surface area contributed by atoms with Crippen molar-refractivity contribution in [3.63, 3.8) is 0 Å². The summed E-state index contributed by atoms with van der Waals surface area (Å²) < 4.78 is 10.7. The number of piperidine rings is 1. The van der Waals surface area contributed by atoms with E-state index in [-0.39, 0.29) is 47.8 Å². The highest BCUT2D eigenvalue weighted by molar-refractivity contribution is 7.09. The van der Waals surface area contributed by atoms with Crippen LogP contribution in [0.1, 0.15) is 107 Å². The summed E-state index contributed by atoms with van der Waals surface area (Å²) in [4.78, 5) is 74.2. The van der Waals surface area contributed by atoms with Gasteiger partial charge in [0.1, 0.15) is 16.7 Å². The summed E-state index contributed by atoms with van der Waals surface area (Å²) in [5.74, 6) is -2.30. The van der Waals surface area contributed by atoms with Crippen LogP contribution in [-0.4, -0.2) is 96.4 Å². The summed E-state index contributed by atoms with van der Waals surface area (Å²) in [7, 11) is 5.00. The first-order valence-corrected chi connectivity index (χ1v) is 19.6.